The molecule has 1 fully saturated rings. The Balaban J connectivity index is 0.000000829. The normalized spacial score (nSPS) is 14.7. The number of likely N-dealkylation sites (N-methyl/N-ethyl adjacent to an activating group) is 1. The molecule has 0 aromatic heterocycles. The van der Waals surface area contributed by atoms with E-state index in [1.54, 1.807) is 7.11 Å². The molecule has 1 aliphatic rings. The monoisotopic (exact) mass is 280 g/mol. The SMILES string of the molecule is CC.CC.COc1cc(N2CCN(C)CC2)ccc1C. The first kappa shape index (κ1) is 18.8. The molecule has 2 rings (SSSR count). The van der Waals surface area contributed by atoms with Crippen LogP contribution in [0.5, 0.6) is 5.75 Å². The molecule has 1 saturated heterocycles. The highest BCUT2D eigenvalue weighted by molar-refractivity contribution is 5.53. The summed E-state index contributed by atoms with van der Waals surface area (Å²) in [4.78, 5) is 4.78. The molecule has 0 atom stereocenters. The van der Waals surface area contributed by atoms with Crippen LogP contribution in [0.4, 0.5) is 5.69 Å². The van der Waals surface area contributed by atoms with Gasteiger partial charge in [-0.25, -0.2) is 0 Å². The molecule has 1 aromatic rings. The minimum Gasteiger partial charge on any atom is -0.496 e. The maximum atomic E-state index is 5.36. The fourth-order valence-corrected chi connectivity index (χ4v) is 2.07. The van der Waals surface area contributed by atoms with Gasteiger partial charge in [0.2, 0.25) is 0 Å². The minimum atomic E-state index is 0.983. The van der Waals surface area contributed by atoms with E-state index >= 15 is 0 Å². The second-order valence-corrected chi connectivity index (χ2v) is 4.44. The van der Waals surface area contributed by atoms with E-state index in [4.69, 9.17) is 4.74 Å². The van der Waals surface area contributed by atoms with Crippen LogP contribution in [0.15, 0.2) is 18.2 Å². The van der Waals surface area contributed by atoms with Gasteiger partial charge in [-0.3, -0.25) is 0 Å². The number of hydrogen-bond acceptors (Lipinski definition) is 3. The number of ether oxygens (including phenoxy) is 1. The summed E-state index contributed by atoms with van der Waals surface area (Å²) in [6.45, 7) is 14.5. The predicted octanol–water partition coefficient (Wildman–Crippen LogP) is 3.81. The van der Waals surface area contributed by atoms with Gasteiger partial charge in [0.1, 0.15) is 5.75 Å². The van der Waals surface area contributed by atoms with Crippen molar-refractivity contribution < 1.29 is 4.74 Å². The number of aryl methyl sites for hydroxylation is 1. The Bertz CT molecular complexity index is 358. The molecule has 116 valence electrons. The summed E-state index contributed by atoms with van der Waals surface area (Å²) in [5.41, 5.74) is 2.47. The number of hydrogen-bond donors (Lipinski definition) is 0. The Kier molecular flexibility index (Phi) is 9.91. The van der Waals surface area contributed by atoms with Crippen LogP contribution in [0.2, 0.25) is 0 Å². The van der Waals surface area contributed by atoms with Crippen LogP contribution in [0, 0.1) is 6.92 Å². The third-order valence-electron chi connectivity index (χ3n) is 3.26. The van der Waals surface area contributed by atoms with Gasteiger partial charge < -0.3 is 14.5 Å². The van der Waals surface area contributed by atoms with Crippen LogP contribution in [0.25, 0.3) is 0 Å². The average molecular weight is 280 g/mol. The fourth-order valence-electron chi connectivity index (χ4n) is 2.07. The Morgan fingerprint density at radius 3 is 2.00 bits per heavy atom. The van der Waals surface area contributed by atoms with E-state index in [0.717, 1.165) is 31.9 Å². The molecular weight excluding hydrogens is 248 g/mol. The zero-order valence-electron chi connectivity index (χ0n) is 14.4. The third-order valence-corrected chi connectivity index (χ3v) is 3.26. The standard InChI is InChI=1S/C13H20N2O.2C2H6/c1-11-4-5-12(10-13(11)16-3)15-8-6-14(2)7-9-15;2*1-2/h4-5,10H,6-9H2,1-3H3;2*1-2H3. The molecule has 0 radical (unpaired) electrons. The highest BCUT2D eigenvalue weighted by Crippen LogP contribution is 2.25. The third kappa shape index (κ3) is 5.41. The lowest BCUT2D eigenvalue weighted by molar-refractivity contribution is 0.312. The summed E-state index contributed by atoms with van der Waals surface area (Å²) in [5, 5.41) is 0. The van der Waals surface area contributed by atoms with Crippen molar-refractivity contribution in [2.45, 2.75) is 34.6 Å². The van der Waals surface area contributed by atoms with Crippen molar-refractivity contribution in [1.82, 2.24) is 4.90 Å². The van der Waals surface area contributed by atoms with Crippen LogP contribution in [-0.4, -0.2) is 45.2 Å². The lowest BCUT2D eigenvalue weighted by Gasteiger charge is -2.34. The molecule has 0 amide bonds. The molecule has 0 bridgehead atoms. The molecule has 1 aromatic carbocycles. The zero-order chi connectivity index (χ0) is 15.5. The molecule has 0 saturated carbocycles. The second kappa shape index (κ2) is 10.6. The van der Waals surface area contributed by atoms with Gasteiger partial charge >= 0.3 is 0 Å². The number of nitrogens with zero attached hydrogens (tertiary/aromatic N) is 2. The molecule has 0 unspecified atom stereocenters. The smallest absolute Gasteiger partial charge is 0.123 e. The van der Waals surface area contributed by atoms with Crippen molar-refractivity contribution in [3.63, 3.8) is 0 Å². The average Bonchev–Trinajstić information content (AvgIpc) is 2.53. The highest BCUT2D eigenvalue weighted by Gasteiger charge is 2.14. The maximum Gasteiger partial charge on any atom is 0.123 e. The summed E-state index contributed by atoms with van der Waals surface area (Å²) in [6, 6.07) is 6.45. The molecule has 0 aliphatic carbocycles. The Morgan fingerprint density at radius 1 is 0.950 bits per heavy atom. The van der Waals surface area contributed by atoms with Crippen LogP contribution < -0.4 is 9.64 Å². The molecule has 3 heteroatoms. The number of piperazine rings is 1. The van der Waals surface area contributed by atoms with Crippen molar-refractivity contribution in [2.24, 2.45) is 0 Å². The van der Waals surface area contributed by atoms with Crippen molar-refractivity contribution >= 4 is 5.69 Å². The summed E-state index contributed by atoms with van der Waals surface area (Å²) in [5.74, 6) is 0.983. The van der Waals surface area contributed by atoms with Crippen molar-refractivity contribution in [3.8, 4) is 5.75 Å². The second-order valence-electron chi connectivity index (χ2n) is 4.44. The van der Waals surface area contributed by atoms with E-state index in [9.17, 15) is 0 Å². The van der Waals surface area contributed by atoms with Crippen LogP contribution in [-0.2, 0) is 0 Å². The van der Waals surface area contributed by atoms with Crippen LogP contribution >= 0.6 is 0 Å². The van der Waals surface area contributed by atoms with Gasteiger partial charge in [-0.1, -0.05) is 33.8 Å². The molecular formula is C17H32N2O. The van der Waals surface area contributed by atoms with Crippen molar-refractivity contribution in [3.05, 3.63) is 23.8 Å². The molecule has 1 heterocycles. The van der Waals surface area contributed by atoms with Gasteiger partial charge in [0.25, 0.3) is 0 Å². The number of rotatable bonds is 2. The van der Waals surface area contributed by atoms with E-state index in [1.165, 1.54) is 11.3 Å². The first-order chi connectivity index (χ1) is 9.70. The first-order valence-electron chi connectivity index (χ1n) is 7.79. The van der Waals surface area contributed by atoms with E-state index in [-0.39, 0.29) is 0 Å². The number of methoxy groups -OCH3 is 1. The summed E-state index contributed by atoms with van der Waals surface area (Å²) >= 11 is 0. The number of benzene rings is 1. The molecule has 0 N–H and O–H groups in total. The molecule has 3 nitrogen and oxygen atoms in total. The van der Waals surface area contributed by atoms with Crippen LogP contribution in [0.3, 0.4) is 0 Å². The maximum absolute atomic E-state index is 5.36. The molecule has 0 spiro atoms. The fraction of sp³-hybridized carbons (Fsp3) is 0.647. The van der Waals surface area contributed by atoms with E-state index in [2.05, 4.69) is 42.0 Å². The summed E-state index contributed by atoms with van der Waals surface area (Å²) in [7, 11) is 3.91. The first-order valence-corrected chi connectivity index (χ1v) is 7.79. The van der Waals surface area contributed by atoms with E-state index in [0.29, 0.717) is 0 Å². The lowest BCUT2D eigenvalue weighted by atomic mass is 10.1. The lowest BCUT2D eigenvalue weighted by Crippen LogP contribution is -2.44. The Labute approximate surface area is 125 Å². The summed E-state index contributed by atoms with van der Waals surface area (Å²) in [6.07, 6.45) is 0. The quantitative estimate of drug-likeness (QED) is 0.819. The van der Waals surface area contributed by atoms with Gasteiger partial charge in [0, 0.05) is 37.9 Å². The van der Waals surface area contributed by atoms with Crippen molar-refractivity contribution in [2.75, 3.05) is 45.2 Å². The van der Waals surface area contributed by atoms with Gasteiger partial charge in [0.05, 0.1) is 7.11 Å². The van der Waals surface area contributed by atoms with E-state index < -0.39 is 0 Å². The zero-order valence-corrected chi connectivity index (χ0v) is 14.4. The van der Waals surface area contributed by atoms with E-state index in [1.807, 2.05) is 27.7 Å². The highest BCUT2D eigenvalue weighted by atomic mass is 16.5. The topological polar surface area (TPSA) is 15.7 Å². The molecule has 20 heavy (non-hydrogen) atoms. The Hall–Kier alpha value is -1.22. The van der Waals surface area contributed by atoms with Gasteiger partial charge in [-0.2, -0.15) is 0 Å². The Morgan fingerprint density at radius 2 is 1.50 bits per heavy atom. The van der Waals surface area contributed by atoms with Gasteiger partial charge in [0.15, 0.2) is 0 Å². The summed E-state index contributed by atoms with van der Waals surface area (Å²) < 4.78 is 5.36. The van der Waals surface area contributed by atoms with Crippen molar-refractivity contribution in [1.29, 1.82) is 0 Å². The molecule has 1 aliphatic heterocycles. The number of anilines is 1. The van der Waals surface area contributed by atoms with Gasteiger partial charge in [-0.15, -0.1) is 0 Å². The predicted molar refractivity (Wildman–Crippen MR) is 90.1 cm³/mol. The van der Waals surface area contributed by atoms with Gasteiger partial charge in [-0.05, 0) is 25.6 Å². The minimum absolute atomic E-state index is 0.983. The van der Waals surface area contributed by atoms with Crippen LogP contribution in [0.1, 0.15) is 33.3 Å². The largest absolute Gasteiger partial charge is 0.496 e.